The van der Waals surface area contributed by atoms with Gasteiger partial charge in [0.15, 0.2) is 0 Å². The lowest BCUT2D eigenvalue weighted by Gasteiger charge is -2.33. The van der Waals surface area contributed by atoms with Crippen molar-refractivity contribution in [1.82, 2.24) is 0 Å². The molecule has 0 aromatic heterocycles. The van der Waals surface area contributed by atoms with Gasteiger partial charge >= 0.3 is 5.97 Å². The van der Waals surface area contributed by atoms with Crippen molar-refractivity contribution in [3.05, 3.63) is 0 Å². The Bertz CT molecular complexity index is 310. The van der Waals surface area contributed by atoms with E-state index < -0.39 is 5.97 Å². The first-order valence-corrected chi connectivity index (χ1v) is 7.09. The van der Waals surface area contributed by atoms with Crippen LogP contribution in [0.15, 0.2) is 0 Å². The van der Waals surface area contributed by atoms with Gasteiger partial charge in [-0.1, -0.05) is 27.2 Å². The maximum atomic E-state index is 10.8. The van der Waals surface area contributed by atoms with Gasteiger partial charge < -0.3 is 5.11 Å². The van der Waals surface area contributed by atoms with Crippen LogP contribution in [0.1, 0.15) is 65.7 Å². The highest BCUT2D eigenvalue weighted by molar-refractivity contribution is 5.67. The molecule has 2 aliphatic rings. The molecule has 17 heavy (non-hydrogen) atoms. The highest BCUT2D eigenvalue weighted by Gasteiger charge is 2.64. The topological polar surface area (TPSA) is 37.3 Å². The Hall–Kier alpha value is -0.530. The van der Waals surface area contributed by atoms with Gasteiger partial charge in [-0.2, -0.15) is 0 Å². The third-order valence-corrected chi connectivity index (χ3v) is 5.33. The molecule has 3 unspecified atom stereocenters. The number of fused-ring (bicyclic) bond motifs is 1. The van der Waals surface area contributed by atoms with Crippen LogP contribution < -0.4 is 0 Å². The molecule has 3 atom stereocenters. The fourth-order valence-electron chi connectivity index (χ4n) is 4.03. The van der Waals surface area contributed by atoms with Crippen molar-refractivity contribution in [1.29, 1.82) is 0 Å². The lowest BCUT2D eigenvalue weighted by Crippen LogP contribution is -2.25. The van der Waals surface area contributed by atoms with Crippen LogP contribution in [0.4, 0.5) is 0 Å². The van der Waals surface area contributed by atoms with E-state index in [1.54, 1.807) is 0 Å². The number of carbonyl (C=O) groups is 1. The molecule has 0 amide bonds. The Kier molecular flexibility index (Phi) is 3.26. The lowest BCUT2D eigenvalue weighted by atomic mass is 9.71. The zero-order valence-electron chi connectivity index (χ0n) is 11.5. The van der Waals surface area contributed by atoms with E-state index >= 15 is 0 Å². The molecule has 0 radical (unpaired) electrons. The molecule has 98 valence electrons. The number of aliphatic carboxylic acids is 1. The van der Waals surface area contributed by atoms with Crippen LogP contribution in [0.2, 0.25) is 0 Å². The van der Waals surface area contributed by atoms with Gasteiger partial charge in [0.05, 0.1) is 0 Å². The molecule has 2 fully saturated rings. The molecule has 0 saturated heterocycles. The Morgan fingerprint density at radius 2 is 2.18 bits per heavy atom. The average Bonchev–Trinajstić information content (AvgIpc) is 2.81. The lowest BCUT2D eigenvalue weighted by molar-refractivity contribution is -0.138. The van der Waals surface area contributed by atoms with Crippen LogP contribution >= 0.6 is 0 Å². The normalized spacial score (nSPS) is 40.1. The summed E-state index contributed by atoms with van der Waals surface area (Å²) < 4.78 is 0. The molecule has 2 rings (SSSR count). The van der Waals surface area contributed by atoms with E-state index in [2.05, 4.69) is 20.8 Å². The molecule has 2 saturated carbocycles. The van der Waals surface area contributed by atoms with Crippen LogP contribution in [0, 0.1) is 22.7 Å². The standard InChI is InChI=1S/C15H26O2/c1-11(2)4-7-15-9-12(8-13(16)17)5-6-14(15,3)10-15/h11-12H,4-10H2,1-3H3,(H,16,17). The summed E-state index contributed by atoms with van der Waals surface area (Å²) >= 11 is 0. The van der Waals surface area contributed by atoms with Gasteiger partial charge in [0.2, 0.25) is 0 Å². The largest absolute Gasteiger partial charge is 0.481 e. The van der Waals surface area contributed by atoms with E-state index in [4.69, 9.17) is 5.11 Å². The number of hydrogen-bond donors (Lipinski definition) is 1. The van der Waals surface area contributed by atoms with E-state index in [1.807, 2.05) is 0 Å². The first-order chi connectivity index (χ1) is 7.87. The molecule has 0 aromatic carbocycles. The first-order valence-electron chi connectivity index (χ1n) is 7.09. The smallest absolute Gasteiger partial charge is 0.303 e. The molecule has 0 bridgehead atoms. The molecule has 2 heteroatoms. The molecular formula is C15H26O2. The summed E-state index contributed by atoms with van der Waals surface area (Å²) in [5, 5.41) is 8.93. The zero-order chi connectivity index (χ0) is 12.7. The van der Waals surface area contributed by atoms with Crippen LogP contribution in [0.5, 0.6) is 0 Å². The van der Waals surface area contributed by atoms with Gasteiger partial charge in [-0.25, -0.2) is 0 Å². The monoisotopic (exact) mass is 238 g/mol. The van der Waals surface area contributed by atoms with Crippen LogP contribution in [0.3, 0.4) is 0 Å². The maximum absolute atomic E-state index is 10.8. The van der Waals surface area contributed by atoms with Gasteiger partial charge in [-0.05, 0) is 54.8 Å². The van der Waals surface area contributed by atoms with Gasteiger partial charge in [-0.15, -0.1) is 0 Å². The van der Waals surface area contributed by atoms with E-state index in [-0.39, 0.29) is 0 Å². The number of carboxylic acid groups (broad SMARTS) is 1. The van der Waals surface area contributed by atoms with E-state index in [9.17, 15) is 4.79 Å². The van der Waals surface area contributed by atoms with Gasteiger partial charge in [-0.3, -0.25) is 4.79 Å². The summed E-state index contributed by atoms with van der Waals surface area (Å²) in [5.41, 5.74) is 1.06. The van der Waals surface area contributed by atoms with Crippen molar-refractivity contribution in [2.24, 2.45) is 22.7 Å². The van der Waals surface area contributed by atoms with Crippen molar-refractivity contribution in [2.45, 2.75) is 65.7 Å². The second-order valence-electron chi connectivity index (χ2n) is 7.16. The summed E-state index contributed by atoms with van der Waals surface area (Å²) in [7, 11) is 0. The van der Waals surface area contributed by atoms with Crippen molar-refractivity contribution >= 4 is 5.97 Å². The van der Waals surface area contributed by atoms with Crippen LogP contribution in [0.25, 0.3) is 0 Å². The van der Waals surface area contributed by atoms with E-state index in [0.29, 0.717) is 23.2 Å². The molecule has 0 heterocycles. The molecule has 1 N–H and O–H groups in total. The SMILES string of the molecule is CC(C)CCC12CC(CC(=O)O)CCC1(C)C2. The fraction of sp³-hybridized carbons (Fsp3) is 0.933. The Morgan fingerprint density at radius 3 is 2.76 bits per heavy atom. The minimum absolute atomic E-state index is 0.388. The van der Waals surface area contributed by atoms with E-state index in [1.165, 1.54) is 32.1 Å². The third kappa shape index (κ3) is 2.51. The summed E-state index contributed by atoms with van der Waals surface area (Å²) in [4.78, 5) is 10.8. The van der Waals surface area contributed by atoms with Crippen molar-refractivity contribution in [3.63, 3.8) is 0 Å². The molecular weight excluding hydrogens is 212 g/mol. The molecule has 2 aliphatic carbocycles. The summed E-state index contributed by atoms with van der Waals surface area (Å²) in [5.74, 6) is 0.600. The first kappa shape index (κ1) is 12.9. The van der Waals surface area contributed by atoms with Crippen LogP contribution in [-0.4, -0.2) is 11.1 Å². The quantitative estimate of drug-likeness (QED) is 0.783. The third-order valence-electron chi connectivity index (χ3n) is 5.33. The minimum Gasteiger partial charge on any atom is -0.481 e. The highest BCUT2D eigenvalue weighted by atomic mass is 16.4. The van der Waals surface area contributed by atoms with Crippen LogP contribution in [-0.2, 0) is 4.79 Å². The average molecular weight is 238 g/mol. The number of rotatable bonds is 5. The second kappa shape index (κ2) is 4.29. The van der Waals surface area contributed by atoms with Crippen molar-refractivity contribution in [2.75, 3.05) is 0 Å². The number of hydrogen-bond acceptors (Lipinski definition) is 1. The predicted octanol–water partition coefficient (Wildman–Crippen LogP) is 4.09. The minimum atomic E-state index is -0.613. The summed E-state index contributed by atoms with van der Waals surface area (Å²) in [6.45, 7) is 6.99. The zero-order valence-corrected chi connectivity index (χ0v) is 11.5. The fourth-order valence-corrected chi connectivity index (χ4v) is 4.03. The van der Waals surface area contributed by atoms with Gasteiger partial charge in [0.1, 0.15) is 0 Å². The molecule has 0 spiro atoms. The Labute approximate surface area is 105 Å². The maximum Gasteiger partial charge on any atom is 0.303 e. The Morgan fingerprint density at radius 1 is 1.47 bits per heavy atom. The molecule has 2 nitrogen and oxygen atoms in total. The Balaban J connectivity index is 1.94. The van der Waals surface area contributed by atoms with Gasteiger partial charge in [0.25, 0.3) is 0 Å². The number of carboxylic acids is 1. The van der Waals surface area contributed by atoms with Crippen molar-refractivity contribution in [3.8, 4) is 0 Å². The van der Waals surface area contributed by atoms with Crippen molar-refractivity contribution < 1.29 is 9.90 Å². The van der Waals surface area contributed by atoms with Gasteiger partial charge in [0, 0.05) is 6.42 Å². The summed E-state index contributed by atoms with van der Waals surface area (Å²) in [6, 6.07) is 0. The second-order valence-corrected chi connectivity index (χ2v) is 7.16. The highest BCUT2D eigenvalue weighted by Crippen LogP contribution is 2.74. The molecule has 0 aromatic rings. The predicted molar refractivity (Wildman–Crippen MR) is 68.8 cm³/mol. The van der Waals surface area contributed by atoms with E-state index in [0.717, 1.165) is 12.3 Å². The summed E-state index contributed by atoms with van der Waals surface area (Å²) in [6.07, 6.45) is 7.91. The molecule has 0 aliphatic heterocycles.